The van der Waals surface area contributed by atoms with Crippen molar-refractivity contribution >= 4 is 22.3 Å². The molecule has 108 valence electrons. The predicted molar refractivity (Wildman–Crippen MR) is 90.3 cm³/mol. The molecule has 0 N–H and O–H groups in total. The van der Waals surface area contributed by atoms with Crippen molar-refractivity contribution in [2.24, 2.45) is 0 Å². The minimum Gasteiger partial charge on any atom is -0.456 e. The maximum absolute atomic E-state index is 5.99. The average molecular weight is 280 g/mol. The number of rotatable bonds is 3. The molecule has 2 aromatic carbocycles. The van der Waals surface area contributed by atoms with E-state index in [0.29, 0.717) is 0 Å². The lowest BCUT2D eigenvalue weighted by Gasteiger charge is -2.12. The Hall–Kier alpha value is -2.42. The van der Waals surface area contributed by atoms with Crippen molar-refractivity contribution in [3.05, 3.63) is 48.5 Å². The average Bonchev–Trinajstić information content (AvgIpc) is 2.90. The monoisotopic (exact) mass is 280 g/mol. The fourth-order valence-electron chi connectivity index (χ4n) is 2.39. The summed E-state index contributed by atoms with van der Waals surface area (Å²) < 4.78 is 5.99. The summed E-state index contributed by atoms with van der Waals surface area (Å²) in [5.41, 5.74) is 4.37. The van der Waals surface area contributed by atoms with E-state index in [-0.39, 0.29) is 0 Å². The number of benzene rings is 2. The van der Waals surface area contributed by atoms with E-state index in [1.165, 1.54) is 11.4 Å². The lowest BCUT2D eigenvalue weighted by molar-refractivity contribution is 0.631. The third-order valence-corrected chi connectivity index (χ3v) is 3.66. The lowest BCUT2D eigenvalue weighted by atomic mass is 10.1. The van der Waals surface area contributed by atoms with E-state index in [1.807, 2.05) is 34.3 Å². The zero-order valence-corrected chi connectivity index (χ0v) is 12.9. The molecule has 1 heterocycles. The number of fused-ring (bicyclic) bond motifs is 1. The topological polar surface area (TPSA) is 19.6 Å². The fraction of sp³-hybridized carbons (Fsp3) is 0.222. The van der Waals surface area contributed by atoms with Crippen LogP contribution in [0.4, 0.5) is 11.4 Å². The zero-order valence-electron chi connectivity index (χ0n) is 12.9. The molecule has 0 saturated carbocycles. The molecular weight excluding hydrogens is 260 g/mol. The highest BCUT2D eigenvalue weighted by atomic mass is 16.3. The second kappa shape index (κ2) is 5.17. The van der Waals surface area contributed by atoms with E-state index in [4.69, 9.17) is 4.42 Å². The maximum atomic E-state index is 5.99. The largest absolute Gasteiger partial charge is 0.456 e. The molecule has 3 nitrogen and oxygen atoms in total. The van der Waals surface area contributed by atoms with Crippen LogP contribution < -0.4 is 9.80 Å². The Morgan fingerprint density at radius 2 is 1.48 bits per heavy atom. The minimum atomic E-state index is 0.907. The van der Waals surface area contributed by atoms with Crippen LogP contribution in [0.3, 0.4) is 0 Å². The van der Waals surface area contributed by atoms with Crippen LogP contribution >= 0.6 is 0 Å². The van der Waals surface area contributed by atoms with E-state index >= 15 is 0 Å². The van der Waals surface area contributed by atoms with Gasteiger partial charge in [0.1, 0.15) is 11.3 Å². The van der Waals surface area contributed by atoms with Gasteiger partial charge in [0, 0.05) is 50.5 Å². The molecule has 3 heteroatoms. The molecule has 0 radical (unpaired) electrons. The van der Waals surface area contributed by atoms with E-state index in [0.717, 1.165) is 22.3 Å². The van der Waals surface area contributed by atoms with Crippen molar-refractivity contribution in [1.29, 1.82) is 0 Å². The Kier molecular flexibility index (Phi) is 3.34. The number of hydrogen-bond donors (Lipinski definition) is 0. The minimum absolute atomic E-state index is 0.907. The second-order valence-corrected chi connectivity index (χ2v) is 5.67. The molecule has 0 bridgehead atoms. The molecule has 0 amide bonds. The van der Waals surface area contributed by atoms with Crippen LogP contribution in [-0.4, -0.2) is 28.2 Å². The normalized spacial score (nSPS) is 10.9. The first kappa shape index (κ1) is 13.6. The van der Waals surface area contributed by atoms with Crippen LogP contribution in [0.5, 0.6) is 0 Å². The first-order chi connectivity index (χ1) is 10.0. The highest BCUT2D eigenvalue weighted by Gasteiger charge is 2.08. The summed E-state index contributed by atoms with van der Waals surface area (Å²) in [4.78, 5) is 4.19. The van der Waals surface area contributed by atoms with Crippen LogP contribution in [0, 0.1) is 0 Å². The molecule has 0 saturated heterocycles. The molecule has 0 atom stereocenters. The Bertz CT molecular complexity index is 772. The third-order valence-electron chi connectivity index (χ3n) is 3.66. The van der Waals surface area contributed by atoms with Gasteiger partial charge in [0.25, 0.3) is 0 Å². The van der Waals surface area contributed by atoms with Crippen molar-refractivity contribution in [1.82, 2.24) is 0 Å². The summed E-state index contributed by atoms with van der Waals surface area (Å²) >= 11 is 0. The highest BCUT2D eigenvalue weighted by Crippen LogP contribution is 2.31. The van der Waals surface area contributed by atoms with Crippen molar-refractivity contribution in [2.45, 2.75) is 0 Å². The van der Waals surface area contributed by atoms with Gasteiger partial charge in [-0.1, -0.05) is 12.1 Å². The third kappa shape index (κ3) is 2.59. The van der Waals surface area contributed by atoms with E-state index in [1.54, 1.807) is 0 Å². The zero-order chi connectivity index (χ0) is 15.0. The summed E-state index contributed by atoms with van der Waals surface area (Å²) in [7, 11) is 8.17. The van der Waals surface area contributed by atoms with Gasteiger partial charge in [-0.3, -0.25) is 0 Å². The Morgan fingerprint density at radius 3 is 2.19 bits per heavy atom. The number of hydrogen-bond acceptors (Lipinski definition) is 3. The molecule has 3 rings (SSSR count). The number of anilines is 2. The summed E-state index contributed by atoms with van der Waals surface area (Å²) in [5, 5.41) is 1.13. The predicted octanol–water partition coefficient (Wildman–Crippen LogP) is 4.23. The Balaban J connectivity index is 2.06. The molecule has 0 fully saturated rings. The van der Waals surface area contributed by atoms with Gasteiger partial charge in [-0.25, -0.2) is 0 Å². The molecule has 0 spiro atoms. The summed E-state index contributed by atoms with van der Waals surface area (Å²) in [6, 6.07) is 16.7. The molecule has 0 aliphatic rings. The van der Waals surface area contributed by atoms with Crippen LogP contribution in [0.15, 0.2) is 52.9 Å². The van der Waals surface area contributed by atoms with E-state index in [2.05, 4.69) is 52.3 Å². The van der Waals surface area contributed by atoms with Gasteiger partial charge in [0.2, 0.25) is 0 Å². The molecule has 0 unspecified atom stereocenters. The van der Waals surface area contributed by atoms with Crippen LogP contribution in [-0.2, 0) is 0 Å². The lowest BCUT2D eigenvalue weighted by Crippen LogP contribution is -2.08. The maximum Gasteiger partial charge on any atom is 0.135 e. The summed E-state index contributed by atoms with van der Waals surface area (Å²) in [6.07, 6.45) is 0. The van der Waals surface area contributed by atoms with Gasteiger partial charge in [-0.15, -0.1) is 0 Å². The smallest absolute Gasteiger partial charge is 0.135 e. The number of furan rings is 1. The molecule has 0 aliphatic carbocycles. The van der Waals surface area contributed by atoms with Gasteiger partial charge in [0.05, 0.1) is 0 Å². The summed E-state index contributed by atoms with van der Waals surface area (Å²) in [6.45, 7) is 0. The van der Waals surface area contributed by atoms with Crippen LogP contribution in [0.2, 0.25) is 0 Å². The van der Waals surface area contributed by atoms with Gasteiger partial charge in [-0.2, -0.15) is 0 Å². The van der Waals surface area contributed by atoms with Crippen molar-refractivity contribution in [3.8, 4) is 11.3 Å². The Labute approximate surface area is 125 Å². The van der Waals surface area contributed by atoms with Gasteiger partial charge in [-0.05, 0) is 36.4 Å². The van der Waals surface area contributed by atoms with Crippen LogP contribution in [0.1, 0.15) is 0 Å². The molecule has 1 aromatic heterocycles. The molecule has 0 aliphatic heterocycles. The fourth-order valence-corrected chi connectivity index (χ4v) is 2.39. The van der Waals surface area contributed by atoms with Gasteiger partial charge >= 0.3 is 0 Å². The standard InChI is InChI=1S/C18H20N2O/c1-19(2)15-7-5-6-13(10-15)18-12-14-11-16(20(3)4)8-9-17(14)21-18/h5-12H,1-4H3. The van der Waals surface area contributed by atoms with Gasteiger partial charge < -0.3 is 14.2 Å². The number of nitrogens with zero attached hydrogens (tertiary/aromatic N) is 2. The van der Waals surface area contributed by atoms with E-state index < -0.39 is 0 Å². The summed E-state index contributed by atoms with van der Waals surface area (Å²) in [5.74, 6) is 0.907. The first-order valence-corrected chi connectivity index (χ1v) is 7.03. The second-order valence-electron chi connectivity index (χ2n) is 5.67. The highest BCUT2D eigenvalue weighted by molar-refractivity contribution is 5.86. The van der Waals surface area contributed by atoms with Crippen molar-refractivity contribution < 1.29 is 4.42 Å². The molecule has 21 heavy (non-hydrogen) atoms. The van der Waals surface area contributed by atoms with Gasteiger partial charge in [0.15, 0.2) is 0 Å². The first-order valence-electron chi connectivity index (χ1n) is 7.03. The van der Waals surface area contributed by atoms with E-state index in [9.17, 15) is 0 Å². The SMILES string of the molecule is CN(C)c1cccc(-c2cc3cc(N(C)C)ccc3o2)c1. The van der Waals surface area contributed by atoms with Crippen LogP contribution in [0.25, 0.3) is 22.3 Å². The van der Waals surface area contributed by atoms with Crippen molar-refractivity contribution in [3.63, 3.8) is 0 Å². The quantitative estimate of drug-likeness (QED) is 0.715. The molecule has 3 aromatic rings. The molecular formula is C18H20N2O. The van der Waals surface area contributed by atoms with Crippen molar-refractivity contribution in [2.75, 3.05) is 38.0 Å². The Morgan fingerprint density at radius 1 is 0.762 bits per heavy atom.